The normalized spacial score (nSPS) is 11.6. The first kappa shape index (κ1) is 31.5. The van der Waals surface area contributed by atoms with Crippen LogP contribution < -0.4 is 0 Å². The number of benzene rings is 9. The molecule has 0 spiro atoms. The van der Waals surface area contributed by atoms with E-state index in [-0.39, 0.29) is 0 Å². The molecule has 11 rings (SSSR count). The highest BCUT2D eigenvalue weighted by molar-refractivity contribution is 7.26. The van der Waals surface area contributed by atoms with Gasteiger partial charge < -0.3 is 0 Å². The van der Waals surface area contributed by atoms with Gasteiger partial charge in [0, 0.05) is 36.9 Å². The molecule has 0 atom stereocenters. The maximum absolute atomic E-state index is 5.09. The molecule has 0 amide bonds. The number of hydrogen-bond donors (Lipinski definition) is 0. The zero-order valence-corrected chi connectivity index (χ0v) is 30.5. The fourth-order valence-electron chi connectivity index (χ4n) is 7.91. The summed E-state index contributed by atoms with van der Waals surface area (Å²) in [6.45, 7) is 0. The van der Waals surface area contributed by atoms with E-state index < -0.39 is 0 Å². The van der Waals surface area contributed by atoms with Crippen LogP contribution in [0.4, 0.5) is 0 Å². The fraction of sp³-hybridized carbons (Fsp3) is 0. The molecule has 0 N–H and O–H groups in total. The highest BCUT2D eigenvalue weighted by Gasteiger charge is 2.17. The molecule has 0 bridgehead atoms. The topological polar surface area (TPSA) is 38.7 Å². The van der Waals surface area contributed by atoms with Crippen LogP contribution in [0.2, 0.25) is 0 Å². The van der Waals surface area contributed by atoms with Gasteiger partial charge >= 0.3 is 0 Å². The van der Waals surface area contributed by atoms with E-state index >= 15 is 0 Å². The summed E-state index contributed by atoms with van der Waals surface area (Å²) < 4.78 is 2.45. The van der Waals surface area contributed by atoms with Crippen molar-refractivity contribution in [3.05, 3.63) is 188 Å². The molecule has 0 saturated carbocycles. The molecule has 0 unspecified atom stereocenters. The van der Waals surface area contributed by atoms with Crippen LogP contribution in [0.1, 0.15) is 0 Å². The Kier molecular flexibility index (Phi) is 7.35. The Labute approximate surface area is 321 Å². The Bertz CT molecular complexity index is 3200. The Morgan fingerprint density at radius 2 is 0.800 bits per heavy atom. The minimum absolute atomic E-state index is 0.662. The van der Waals surface area contributed by atoms with Crippen molar-refractivity contribution in [2.45, 2.75) is 0 Å². The minimum Gasteiger partial charge on any atom is -0.208 e. The Hall–Kier alpha value is -7.01. The van der Waals surface area contributed by atoms with E-state index in [2.05, 4.69) is 152 Å². The third-order valence-corrected chi connectivity index (χ3v) is 11.8. The van der Waals surface area contributed by atoms with Gasteiger partial charge in [-0.25, -0.2) is 15.0 Å². The summed E-state index contributed by atoms with van der Waals surface area (Å²) in [7, 11) is 0. The minimum atomic E-state index is 0.662. The van der Waals surface area contributed by atoms with Crippen molar-refractivity contribution in [1.29, 1.82) is 0 Å². The second-order valence-corrected chi connectivity index (χ2v) is 15.1. The first-order valence-corrected chi connectivity index (χ1v) is 19.3. The number of rotatable bonds is 5. The summed E-state index contributed by atoms with van der Waals surface area (Å²) >= 11 is 1.81. The summed E-state index contributed by atoms with van der Waals surface area (Å²) in [6, 6.07) is 67.1. The maximum atomic E-state index is 5.09. The van der Waals surface area contributed by atoms with Gasteiger partial charge in [-0.15, -0.1) is 11.3 Å². The van der Waals surface area contributed by atoms with Crippen molar-refractivity contribution in [1.82, 2.24) is 15.0 Å². The molecule has 256 valence electrons. The molecule has 0 aliphatic carbocycles. The van der Waals surface area contributed by atoms with Crippen molar-refractivity contribution in [2.24, 2.45) is 0 Å². The van der Waals surface area contributed by atoms with E-state index in [4.69, 9.17) is 15.0 Å². The van der Waals surface area contributed by atoms with Crippen molar-refractivity contribution in [3.8, 4) is 56.4 Å². The van der Waals surface area contributed by atoms with Gasteiger partial charge in [-0.05, 0) is 91.0 Å². The monoisotopic (exact) mass is 717 g/mol. The maximum Gasteiger partial charge on any atom is 0.164 e. The van der Waals surface area contributed by atoms with Gasteiger partial charge in [-0.1, -0.05) is 152 Å². The molecule has 0 radical (unpaired) electrons. The van der Waals surface area contributed by atoms with Crippen LogP contribution in [0.3, 0.4) is 0 Å². The van der Waals surface area contributed by atoms with E-state index in [1.54, 1.807) is 0 Å². The van der Waals surface area contributed by atoms with Crippen LogP contribution >= 0.6 is 11.3 Å². The smallest absolute Gasteiger partial charge is 0.164 e. The van der Waals surface area contributed by atoms with Gasteiger partial charge in [0.15, 0.2) is 17.5 Å². The molecule has 0 aliphatic heterocycles. The number of nitrogens with zero attached hydrogens (tertiary/aromatic N) is 3. The van der Waals surface area contributed by atoms with Crippen molar-refractivity contribution < 1.29 is 0 Å². The van der Waals surface area contributed by atoms with Gasteiger partial charge in [0.25, 0.3) is 0 Å². The molecule has 55 heavy (non-hydrogen) atoms. The lowest BCUT2D eigenvalue weighted by molar-refractivity contribution is 1.08. The molecule has 4 heteroatoms. The van der Waals surface area contributed by atoms with E-state index in [9.17, 15) is 0 Å². The van der Waals surface area contributed by atoms with Gasteiger partial charge in [0.2, 0.25) is 0 Å². The van der Waals surface area contributed by atoms with Crippen LogP contribution in [0.5, 0.6) is 0 Å². The predicted octanol–water partition coefficient (Wildman–Crippen LogP) is 14.0. The van der Waals surface area contributed by atoms with Crippen LogP contribution in [0.15, 0.2) is 188 Å². The summed E-state index contributed by atoms with van der Waals surface area (Å²) in [5.74, 6) is 2.00. The molecular weight excluding hydrogens is 687 g/mol. The van der Waals surface area contributed by atoms with Crippen molar-refractivity contribution in [2.75, 3.05) is 0 Å². The average Bonchev–Trinajstić information content (AvgIpc) is 3.64. The summed E-state index contributed by atoms with van der Waals surface area (Å²) in [4.78, 5) is 15.1. The molecule has 11 aromatic rings. The molecular formula is C51H31N3S. The number of thiophene rings is 1. The average molecular weight is 718 g/mol. The molecule has 3 nitrogen and oxygen atoms in total. The largest absolute Gasteiger partial charge is 0.208 e. The van der Waals surface area contributed by atoms with E-state index in [1.807, 2.05) is 47.7 Å². The van der Waals surface area contributed by atoms with Gasteiger partial charge in [0.05, 0.1) is 0 Å². The van der Waals surface area contributed by atoms with Crippen molar-refractivity contribution in [3.63, 3.8) is 0 Å². The van der Waals surface area contributed by atoms with Crippen LogP contribution in [-0.2, 0) is 0 Å². The molecule has 9 aromatic carbocycles. The molecule has 0 fully saturated rings. The highest BCUT2D eigenvalue weighted by Crippen LogP contribution is 2.42. The summed E-state index contributed by atoms with van der Waals surface area (Å²) in [5, 5.41) is 9.92. The molecule has 0 aliphatic rings. The summed E-state index contributed by atoms with van der Waals surface area (Å²) in [5.41, 5.74) is 7.74. The van der Waals surface area contributed by atoms with Crippen LogP contribution in [0.25, 0.3) is 109 Å². The van der Waals surface area contributed by atoms with E-state index in [0.29, 0.717) is 17.5 Å². The van der Waals surface area contributed by atoms with Gasteiger partial charge in [-0.2, -0.15) is 0 Å². The fourth-order valence-corrected chi connectivity index (χ4v) is 9.02. The summed E-state index contributed by atoms with van der Waals surface area (Å²) in [6.07, 6.45) is 0. The second kappa shape index (κ2) is 12.8. The quantitative estimate of drug-likeness (QED) is 0.166. The van der Waals surface area contributed by atoms with Gasteiger partial charge in [0.1, 0.15) is 0 Å². The molecule has 2 heterocycles. The zero-order valence-electron chi connectivity index (χ0n) is 29.6. The Morgan fingerprint density at radius 1 is 0.291 bits per heavy atom. The lowest BCUT2D eigenvalue weighted by Gasteiger charge is -2.10. The lowest BCUT2D eigenvalue weighted by Crippen LogP contribution is -2.00. The van der Waals surface area contributed by atoms with E-state index in [1.165, 1.54) is 74.7 Å². The van der Waals surface area contributed by atoms with E-state index in [0.717, 1.165) is 16.7 Å². The van der Waals surface area contributed by atoms with Crippen molar-refractivity contribution >= 4 is 63.8 Å². The van der Waals surface area contributed by atoms with Gasteiger partial charge in [-0.3, -0.25) is 0 Å². The SMILES string of the molecule is c1ccc(-c2nc(-c3ccccc3)nc(-c3cccc4sc5ccc(-c6ccc7cc(-c8ccc9ccc%10ccccc%10c9c8)ccc7c6)cc5c34)n2)cc1. The second-order valence-electron chi connectivity index (χ2n) is 14.0. The number of fused-ring (bicyclic) bond motifs is 7. The number of hydrogen-bond acceptors (Lipinski definition) is 4. The zero-order chi connectivity index (χ0) is 36.3. The third-order valence-electron chi connectivity index (χ3n) is 10.7. The molecule has 0 saturated heterocycles. The first-order valence-electron chi connectivity index (χ1n) is 18.5. The van der Waals surface area contributed by atoms with Crippen LogP contribution in [0, 0.1) is 0 Å². The van der Waals surface area contributed by atoms with Crippen LogP contribution in [-0.4, -0.2) is 15.0 Å². The standard InChI is InChI=1S/C51H31N3S/c1-3-11-34(12-4-1)49-52-50(35-13-5-2-6-14-35)54-51(53-49)43-16-9-17-47-48(43)45-31-41(26-27-46(45)55-47)39-25-23-36-28-38(24-22-37(36)29-39)40-21-20-33-19-18-32-10-7-8-15-42(32)44(33)30-40/h1-31H. The highest BCUT2D eigenvalue weighted by atomic mass is 32.1. The Balaban J connectivity index is 1.00. The Morgan fingerprint density at radius 3 is 1.47 bits per heavy atom. The lowest BCUT2D eigenvalue weighted by atomic mass is 9.94. The predicted molar refractivity (Wildman–Crippen MR) is 232 cm³/mol. The third kappa shape index (κ3) is 5.54. The first-order chi connectivity index (χ1) is 27.2. The molecule has 2 aromatic heterocycles. The number of aromatic nitrogens is 3.